The number of nitrogens with zero attached hydrogens (tertiary/aromatic N) is 3. The van der Waals surface area contributed by atoms with Crippen LogP contribution in [0.2, 0.25) is 0 Å². The van der Waals surface area contributed by atoms with Crippen molar-refractivity contribution in [2.24, 2.45) is 7.05 Å². The van der Waals surface area contributed by atoms with Crippen LogP contribution in [-0.4, -0.2) is 33.8 Å². The first-order valence-electron chi connectivity index (χ1n) is 6.63. The number of amides is 1. The first kappa shape index (κ1) is 14.2. The number of carbonyl (C=O) groups is 1. The number of aromatic nitrogens is 3. The topological polar surface area (TPSA) is 71.8 Å². The van der Waals surface area contributed by atoms with Gasteiger partial charge in [0, 0.05) is 38.7 Å². The summed E-state index contributed by atoms with van der Waals surface area (Å²) in [5, 5.41) is 10.2. The van der Waals surface area contributed by atoms with Gasteiger partial charge in [-0.15, -0.1) is 0 Å². The van der Waals surface area contributed by atoms with Crippen LogP contribution >= 0.6 is 0 Å². The molecule has 0 aromatic carbocycles. The summed E-state index contributed by atoms with van der Waals surface area (Å²) in [5.41, 5.74) is 1.74. The molecular formula is C14H19N5O. The lowest BCUT2D eigenvalue weighted by atomic mass is 10.3. The van der Waals surface area contributed by atoms with Gasteiger partial charge in [-0.25, -0.2) is 0 Å². The summed E-state index contributed by atoms with van der Waals surface area (Å²) in [7, 11) is 1.75. The molecule has 0 aliphatic heterocycles. The van der Waals surface area contributed by atoms with Crippen molar-refractivity contribution >= 4 is 5.91 Å². The van der Waals surface area contributed by atoms with E-state index in [9.17, 15) is 4.79 Å². The van der Waals surface area contributed by atoms with Crippen molar-refractivity contribution < 1.29 is 4.79 Å². The molecule has 0 bridgehead atoms. The third-order valence-corrected chi connectivity index (χ3v) is 2.92. The van der Waals surface area contributed by atoms with Gasteiger partial charge in [0.05, 0.1) is 0 Å². The summed E-state index contributed by atoms with van der Waals surface area (Å²) in [4.78, 5) is 15.8. The van der Waals surface area contributed by atoms with Crippen LogP contribution in [0.5, 0.6) is 0 Å². The first-order chi connectivity index (χ1) is 9.77. The molecule has 0 aliphatic carbocycles. The van der Waals surface area contributed by atoms with Gasteiger partial charge >= 0.3 is 0 Å². The lowest BCUT2D eigenvalue weighted by Crippen LogP contribution is -2.28. The van der Waals surface area contributed by atoms with Crippen molar-refractivity contribution in [3.8, 4) is 0 Å². The fourth-order valence-electron chi connectivity index (χ4n) is 1.84. The smallest absolute Gasteiger partial charge is 0.269 e. The molecule has 0 fully saturated rings. The normalized spacial score (nSPS) is 10.4. The highest BCUT2D eigenvalue weighted by Gasteiger charge is 2.07. The molecule has 2 rings (SSSR count). The summed E-state index contributed by atoms with van der Waals surface area (Å²) in [6.45, 7) is 2.29. The van der Waals surface area contributed by atoms with Crippen molar-refractivity contribution in [1.82, 2.24) is 25.4 Å². The zero-order valence-corrected chi connectivity index (χ0v) is 11.5. The van der Waals surface area contributed by atoms with E-state index in [-0.39, 0.29) is 5.91 Å². The molecule has 0 saturated carbocycles. The molecule has 0 unspecified atom stereocenters. The largest absolute Gasteiger partial charge is 0.351 e. The lowest BCUT2D eigenvalue weighted by Gasteiger charge is -2.06. The average Bonchev–Trinajstić information content (AvgIpc) is 2.90. The lowest BCUT2D eigenvalue weighted by molar-refractivity contribution is 0.0944. The number of nitrogens with one attached hydrogen (secondary N) is 2. The monoisotopic (exact) mass is 273 g/mol. The molecule has 0 radical (unpaired) electrons. The maximum Gasteiger partial charge on any atom is 0.269 e. The Balaban J connectivity index is 1.58. The standard InChI is InChI=1S/C14H19N5O/c1-19-13(5-9-18-19)14(20)17-8-3-7-16-11-12-4-2-6-15-10-12/h2,4-6,9-10,16H,3,7-8,11H2,1H3,(H,17,20). The summed E-state index contributed by atoms with van der Waals surface area (Å²) < 4.78 is 1.57. The van der Waals surface area contributed by atoms with Gasteiger partial charge in [0.15, 0.2) is 0 Å². The molecule has 0 saturated heterocycles. The molecule has 1 amide bonds. The van der Waals surface area contributed by atoms with Gasteiger partial charge in [0.25, 0.3) is 5.91 Å². The molecule has 0 atom stereocenters. The van der Waals surface area contributed by atoms with Crippen LogP contribution in [0.15, 0.2) is 36.8 Å². The first-order valence-corrected chi connectivity index (χ1v) is 6.63. The Hall–Kier alpha value is -2.21. The predicted molar refractivity (Wildman–Crippen MR) is 76.1 cm³/mol. The third kappa shape index (κ3) is 4.17. The molecular weight excluding hydrogens is 254 g/mol. The summed E-state index contributed by atoms with van der Waals surface area (Å²) in [5.74, 6) is -0.0859. The third-order valence-electron chi connectivity index (χ3n) is 2.92. The summed E-state index contributed by atoms with van der Waals surface area (Å²) in [6, 6.07) is 5.66. The van der Waals surface area contributed by atoms with Gasteiger partial charge in [-0.1, -0.05) is 6.07 Å². The van der Waals surface area contributed by atoms with Crippen molar-refractivity contribution in [3.63, 3.8) is 0 Å². The van der Waals surface area contributed by atoms with E-state index in [1.165, 1.54) is 0 Å². The number of hydrogen-bond acceptors (Lipinski definition) is 4. The Morgan fingerprint density at radius 2 is 2.20 bits per heavy atom. The second-order valence-electron chi connectivity index (χ2n) is 4.49. The predicted octanol–water partition coefficient (Wildman–Crippen LogP) is 0.725. The highest BCUT2D eigenvalue weighted by Crippen LogP contribution is 1.96. The van der Waals surface area contributed by atoms with Crippen LogP contribution in [-0.2, 0) is 13.6 Å². The molecule has 6 nitrogen and oxygen atoms in total. The molecule has 2 aromatic heterocycles. The van der Waals surface area contributed by atoms with Crippen molar-refractivity contribution in [2.45, 2.75) is 13.0 Å². The van der Waals surface area contributed by atoms with Gasteiger partial charge < -0.3 is 10.6 Å². The molecule has 6 heteroatoms. The molecule has 0 spiro atoms. The molecule has 2 N–H and O–H groups in total. The van der Waals surface area contributed by atoms with Gasteiger partial charge in [-0.2, -0.15) is 5.10 Å². The van der Waals surface area contributed by atoms with Crippen molar-refractivity contribution in [3.05, 3.63) is 48.0 Å². The number of rotatable bonds is 7. The molecule has 20 heavy (non-hydrogen) atoms. The highest BCUT2D eigenvalue weighted by molar-refractivity contribution is 5.92. The molecule has 106 valence electrons. The molecule has 2 aromatic rings. The minimum Gasteiger partial charge on any atom is -0.351 e. The Labute approximate surface area is 118 Å². The summed E-state index contributed by atoms with van der Waals surface area (Å²) >= 11 is 0. The maximum absolute atomic E-state index is 11.8. The number of hydrogen-bond donors (Lipinski definition) is 2. The Morgan fingerprint density at radius 1 is 1.30 bits per heavy atom. The number of pyridine rings is 1. The van der Waals surface area contributed by atoms with Crippen molar-refractivity contribution in [2.75, 3.05) is 13.1 Å². The van der Waals surface area contributed by atoms with Gasteiger partial charge in [0.1, 0.15) is 5.69 Å². The van der Waals surface area contributed by atoms with Crippen LogP contribution in [0.1, 0.15) is 22.5 Å². The minimum absolute atomic E-state index is 0.0859. The van der Waals surface area contributed by atoms with E-state index in [2.05, 4.69) is 20.7 Å². The summed E-state index contributed by atoms with van der Waals surface area (Å²) in [6.07, 6.45) is 6.10. The van der Waals surface area contributed by atoms with E-state index in [1.54, 1.807) is 30.2 Å². The van der Waals surface area contributed by atoms with E-state index in [0.717, 1.165) is 25.1 Å². The second-order valence-corrected chi connectivity index (χ2v) is 4.49. The van der Waals surface area contributed by atoms with E-state index in [1.807, 2.05) is 18.3 Å². The zero-order valence-electron chi connectivity index (χ0n) is 11.5. The molecule has 0 aliphatic rings. The zero-order chi connectivity index (χ0) is 14.2. The molecule has 2 heterocycles. The highest BCUT2D eigenvalue weighted by atomic mass is 16.2. The van der Waals surface area contributed by atoms with Crippen LogP contribution < -0.4 is 10.6 Å². The Bertz CT molecular complexity index is 538. The Kier molecular flexibility index (Phi) is 5.25. The van der Waals surface area contributed by atoms with Gasteiger partial charge in [-0.3, -0.25) is 14.5 Å². The fraction of sp³-hybridized carbons (Fsp3) is 0.357. The quantitative estimate of drug-likeness (QED) is 0.729. The number of carbonyl (C=O) groups excluding carboxylic acids is 1. The Morgan fingerprint density at radius 3 is 2.90 bits per heavy atom. The van der Waals surface area contributed by atoms with E-state index in [4.69, 9.17) is 0 Å². The number of aryl methyl sites for hydroxylation is 1. The van der Waals surface area contributed by atoms with Crippen LogP contribution in [0.4, 0.5) is 0 Å². The van der Waals surface area contributed by atoms with Crippen molar-refractivity contribution in [1.29, 1.82) is 0 Å². The minimum atomic E-state index is -0.0859. The van der Waals surface area contributed by atoms with Crippen LogP contribution in [0.3, 0.4) is 0 Å². The van der Waals surface area contributed by atoms with Crippen LogP contribution in [0, 0.1) is 0 Å². The van der Waals surface area contributed by atoms with Gasteiger partial charge in [0.2, 0.25) is 0 Å². The maximum atomic E-state index is 11.8. The fourth-order valence-corrected chi connectivity index (χ4v) is 1.84. The van der Waals surface area contributed by atoms with E-state index in [0.29, 0.717) is 12.2 Å². The van der Waals surface area contributed by atoms with E-state index < -0.39 is 0 Å². The average molecular weight is 273 g/mol. The van der Waals surface area contributed by atoms with Gasteiger partial charge in [-0.05, 0) is 30.7 Å². The van der Waals surface area contributed by atoms with E-state index >= 15 is 0 Å². The van der Waals surface area contributed by atoms with Crippen LogP contribution in [0.25, 0.3) is 0 Å². The second kappa shape index (κ2) is 7.40. The SMILES string of the molecule is Cn1nccc1C(=O)NCCCNCc1cccnc1.